The lowest BCUT2D eigenvalue weighted by atomic mass is 9.89. The summed E-state index contributed by atoms with van der Waals surface area (Å²) in [5, 5.41) is 7.07. The average molecular weight is 473 g/mol. The van der Waals surface area contributed by atoms with Gasteiger partial charge < -0.3 is 14.7 Å². The van der Waals surface area contributed by atoms with Crippen molar-refractivity contribution in [2.75, 3.05) is 18.4 Å². The van der Waals surface area contributed by atoms with E-state index in [-0.39, 0.29) is 17.9 Å². The van der Waals surface area contributed by atoms with Crippen molar-refractivity contribution in [3.8, 4) is 11.3 Å². The van der Waals surface area contributed by atoms with E-state index in [0.29, 0.717) is 35.8 Å². The minimum atomic E-state index is -4.43. The van der Waals surface area contributed by atoms with E-state index in [0.717, 1.165) is 36.4 Å². The van der Waals surface area contributed by atoms with E-state index in [2.05, 4.69) is 22.4 Å². The third kappa shape index (κ3) is 5.08. The summed E-state index contributed by atoms with van der Waals surface area (Å²) in [6.07, 6.45) is -1.78. The molecule has 4 rings (SSSR count). The van der Waals surface area contributed by atoms with Crippen LogP contribution >= 0.6 is 0 Å². The van der Waals surface area contributed by atoms with Crippen molar-refractivity contribution < 1.29 is 22.5 Å². The first-order valence-corrected chi connectivity index (χ1v) is 11.3. The van der Waals surface area contributed by atoms with E-state index in [1.54, 1.807) is 6.07 Å². The van der Waals surface area contributed by atoms with Gasteiger partial charge in [0.25, 0.3) is 5.91 Å². The van der Waals surface area contributed by atoms with Crippen molar-refractivity contribution in [2.45, 2.75) is 45.8 Å². The number of piperidine rings is 1. The Kier molecular flexibility index (Phi) is 6.63. The molecular weight excluding hydrogens is 445 g/mol. The monoisotopic (exact) mass is 472 g/mol. The molecule has 0 bridgehead atoms. The van der Waals surface area contributed by atoms with Crippen molar-refractivity contribution in [1.29, 1.82) is 0 Å². The van der Waals surface area contributed by atoms with Gasteiger partial charge in [0.05, 0.1) is 22.9 Å². The first kappa shape index (κ1) is 23.8. The van der Waals surface area contributed by atoms with Crippen LogP contribution in [0.4, 0.5) is 19.0 Å². The zero-order valence-electron chi connectivity index (χ0n) is 19.3. The maximum absolute atomic E-state index is 13.8. The molecule has 0 aliphatic carbocycles. The summed E-state index contributed by atoms with van der Waals surface area (Å²) in [7, 11) is 0. The second-order valence-corrected chi connectivity index (χ2v) is 8.88. The summed E-state index contributed by atoms with van der Waals surface area (Å²) >= 11 is 0. The standard InChI is InChI=1S/C25H27F3N4O2/c1-15-6-8-19(22-12-17(3)31-34-22)20(11-15)24(33)32-10-4-5-16(2)21(32)14-30-23-9-7-18(13-29-23)25(26,27)28/h6-9,11-13,16,21H,4-5,10,14H2,1-3H3,(H,29,30)/t16-,21-/m1/s1. The van der Waals surface area contributed by atoms with Crippen molar-refractivity contribution >= 4 is 11.7 Å². The van der Waals surface area contributed by atoms with Gasteiger partial charge in [-0.2, -0.15) is 13.2 Å². The number of amides is 1. The maximum Gasteiger partial charge on any atom is 0.417 e. The van der Waals surface area contributed by atoms with Crippen LogP contribution in [0, 0.1) is 19.8 Å². The lowest BCUT2D eigenvalue weighted by molar-refractivity contribution is -0.137. The van der Waals surface area contributed by atoms with Crippen LogP contribution in [-0.4, -0.2) is 40.1 Å². The van der Waals surface area contributed by atoms with Gasteiger partial charge >= 0.3 is 6.18 Å². The summed E-state index contributed by atoms with van der Waals surface area (Å²) in [5.41, 5.74) is 2.12. The van der Waals surface area contributed by atoms with Crippen LogP contribution in [0.15, 0.2) is 47.1 Å². The molecule has 2 atom stereocenters. The van der Waals surface area contributed by atoms with E-state index in [1.165, 1.54) is 6.07 Å². The van der Waals surface area contributed by atoms with Crippen LogP contribution in [0.1, 0.15) is 46.9 Å². The van der Waals surface area contributed by atoms with Gasteiger partial charge in [-0.25, -0.2) is 4.98 Å². The Labute approximate surface area is 196 Å². The number of likely N-dealkylation sites (tertiary alicyclic amines) is 1. The normalized spacial score (nSPS) is 18.7. The SMILES string of the molecule is Cc1ccc(-c2cc(C)no2)c(C(=O)N2CCC[C@@H](C)[C@H]2CNc2ccc(C(F)(F)F)cn2)c1. The van der Waals surface area contributed by atoms with Gasteiger partial charge in [-0.1, -0.05) is 29.8 Å². The molecule has 0 spiro atoms. The lowest BCUT2D eigenvalue weighted by Gasteiger charge is -2.40. The lowest BCUT2D eigenvalue weighted by Crippen LogP contribution is -2.51. The van der Waals surface area contributed by atoms with Gasteiger partial charge in [0, 0.05) is 30.9 Å². The van der Waals surface area contributed by atoms with Crippen molar-refractivity contribution in [3.05, 3.63) is 65.0 Å². The van der Waals surface area contributed by atoms with Crippen LogP contribution in [0.2, 0.25) is 0 Å². The molecule has 1 aliphatic heterocycles. The molecule has 1 aliphatic rings. The van der Waals surface area contributed by atoms with Crippen molar-refractivity contribution in [2.24, 2.45) is 5.92 Å². The molecule has 2 aromatic heterocycles. The van der Waals surface area contributed by atoms with Crippen LogP contribution in [0.5, 0.6) is 0 Å². The molecule has 1 fully saturated rings. The number of anilines is 1. The number of hydrogen-bond donors (Lipinski definition) is 1. The molecule has 1 saturated heterocycles. The molecule has 1 N–H and O–H groups in total. The average Bonchev–Trinajstić information content (AvgIpc) is 3.23. The van der Waals surface area contributed by atoms with Crippen molar-refractivity contribution in [3.63, 3.8) is 0 Å². The first-order chi connectivity index (χ1) is 16.1. The number of benzene rings is 1. The molecular formula is C25H27F3N4O2. The van der Waals surface area contributed by atoms with Gasteiger partial charge in [-0.15, -0.1) is 0 Å². The predicted molar refractivity (Wildman–Crippen MR) is 122 cm³/mol. The molecule has 34 heavy (non-hydrogen) atoms. The minimum absolute atomic E-state index is 0.105. The van der Waals surface area contributed by atoms with Gasteiger partial charge in [0.2, 0.25) is 0 Å². The number of carbonyl (C=O) groups excluding carboxylic acids is 1. The fourth-order valence-corrected chi connectivity index (χ4v) is 4.38. The molecule has 9 heteroatoms. The van der Waals surface area contributed by atoms with Gasteiger partial charge in [0.15, 0.2) is 5.76 Å². The largest absolute Gasteiger partial charge is 0.417 e. The number of nitrogens with zero attached hydrogens (tertiary/aromatic N) is 3. The Bertz CT molecular complexity index is 1160. The number of rotatable bonds is 5. The van der Waals surface area contributed by atoms with Gasteiger partial charge in [0.1, 0.15) is 5.82 Å². The van der Waals surface area contributed by atoms with Gasteiger partial charge in [-0.05, 0) is 50.8 Å². The van der Waals surface area contributed by atoms with Crippen LogP contribution in [-0.2, 0) is 6.18 Å². The fourth-order valence-electron chi connectivity index (χ4n) is 4.38. The molecule has 0 unspecified atom stereocenters. The Morgan fingerprint density at radius 2 is 2.00 bits per heavy atom. The zero-order valence-corrected chi connectivity index (χ0v) is 19.3. The molecule has 3 heterocycles. The number of halogens is 3. The van der Waals surface area contributed by atoms with E-state index in [1.807, 2.05) is 36.9 Å². The van der Waals surface area contributed by atoms with Gasteiger partial charge in [-0.3, -0.25) is 4.79 Å². The Morgan fingerprint density at radius 1 is 1.21 bits per heavy atom. The second-order valence-electron chi connectivity index (χ2n) is 8.88. The number of pyridine rings is 1. The smallest absolute Gasteiger partial charge is 0.368 e. The zero-order chi connectivity index (χ0) is 24.5. The maximum atomic E-state index is 13.8. The first-order valence-electron chi connectivity index (χ1n) is 11.3. The minimum Gasteiger partial charge on any atom is -0.368 e. The molecule has 0 radical (unpaired) electrons. The predicted octanol–water partition coefficient (Wildman–Crippen LogP) is 5.73. The summed E-state index contributed by atoms with van der Waals surface area (Å²) < 4.78 is 43.9. The number of nitrogens with one attached hydrogen (secondary N) is 1. The van der Waals surface area contributed by atoms with E-state index < -0.39 is 11.7 Å². The highest BCUT2D eigenvalue weighted by molar-refractivity contribution is 6.00. The Balaban J connectivity index is 1.57. The molecule has 3 aromatic rings. The molecule has 1 aromatic carbocycles. The van der Waals surface area contributed by atoms with E-state index in [4.69, 9.17) is 4.52 Å². The Hall–Kier alpha value is -3.36. The third-order valence-corrected chi connectivity index (χ3v) is 6.26. The number of aromatic nitrogens is 2. The Morgan fingerprint density at radius 3 is 2.65 bits per heavy atom. The van der Waals surface area contributed by atoms with E-state index in [9.17, 15) is 18.0 Å². The highest BCUT2D eigenvalue weighted by Gasteiger charge is 2.34. The van der Waals surface area contributed by atoms with E-state index >= 15 is 0 Å². The quantitative estimate of drug-likeness (QED) is 0.514. The number of alkyl halides is 3. The number of hydrogen-bond acceptors (Lipinski definition) is 5. The molecule has 1 amide bonds. The fraction of sp³-hybridized carbons (Fsp3) is 0.400. The van der Waals surface area contributed by atoms with Crippen LogP contribution in [0.25, 0.3) is 11.3 Å². The topological polar surface area (TPSA) is 71.3 Å². The highest BCUT2D eigenvalue weighted by Crippen LogP contribution is 2.31. The molecule has 0 saturated carbocycles. The summed E-state index contributed by atoms with van der Waals surface area (Å²) in [5.74, 6) is 0.980. The summed E-state index contributed by atoms with van der Waals surface area (Å²) in [6, 6.07) is 9.63. The van der Waals surface area contributed by atoms with Crippen molar-refractivity contribution in [1.82, 2.24) is 15.0 Å². The second kappa shape index (κ2) is 9.48. The highest BCUT2D eigenvalue weighted by atomic mass is 19.4. The summed E-state index contributed by atoms with van der Waals surface area (Å²) in [4.78, 5) is 19.5. The molecule has 180 valence electrons. The summed E-state index contributed by atoms with van der Waals surface area (Å²) in [6.45, 7) is 6.82. The number of carbonyl (C=O) groups is 1. The third-order valence-electron chi connectivity index (χ3n) is 6.26. The van der Waals surface area contributed by atoms with Crippen LogP contribution < -0.4 is 5.32 Å². The van der Waals surface area contributed by atoms with Crippen LogP contribution in [0.3, 0.4) is 0 Å². The number of aryl methyl sites for hydroxylation is 2. The molecule has 6 nitrogen and oxygen atoms in total.